The van der Waals surface area contributed by atoms with Crippen LogP contribution in [0.5, 0.6) is 0 Å². The van der Waals surface area contributed by atoms with Crippen molar-refractivity contribution in [3.05, 3.63) is 71.4 Å². The molecule has 0 aliphatic heterocycles. The zero-order valence-corrected chi connectivity index (χ0v) is 19.8. The van der Waals surface area contributed by atoms with Gasteiger partial charge in [0.1, 0.15) is 5.82 Å². The molecule has 1 aromatic heterocycles. The largest absolute Gasteiger partial charge is 0.416 e. The van der Waals surface area contributed by atoms with E-state index in [-0.39, 0.29) is 5.56 Å². The van der Waals surface area contributed by atoms with Gasteiger partial charge in [0.15, 0.2) is 0 Å². The second-order valence-electron chi connectivity index (χ2n) is 7.62. The number of hydrogen-bond donors (Lipinski definition) is 2. The molecule has 0 saturated heterocycles. The van der Waals surface area contributed by atoms with Gasteiger partial charge in [-0.05, 0) is 62.7 Å². The van der Waals surface area contributed by atoms with Crippen LogP contribution in [-0.4, -0.2) is 31.5 Å². The highest BCUT2D eigenvalue weighted by molar-refractivity contribution is 7.91. The summed E-state index contributed by atoms with van der Waals surface area (Å²) >= 11 is 0. The summed E-state index contributed by atoms with van der Waals surface area (Å²) in [5.74, 6) is 0.793. The van der Waals surface area contributed by atoms with E-state index >= 15 is 0 Å². The van der Waals surface area contributed by atoms with Crippen molar-refractivity contribution in [1.82, 2.24) is 9.97 Å². The van der Waals surface area contributed by atoms with E-state index in [9.17, 15) is 21.6 Å². The third-order valence-corrected chi connectivity index (χ3v) is 6.24. The summed E-state index contributed by atoms with van der Waals surface area (Å²) in [6, 6.07) is 12.5. The summed E-state index contributed by atoms with van der Waals surface area (Å²) in [5, 5.41) is 3.12. The van der Waals surface area contributed by atoms with Crippen LogP contribution in [0.1, 0.15) is 30.7 Å². The number of rotatable bonds is 9. The van der Waals surface area contributed by atoms with Crippen LogP contribution in [0.25, 0.3) is 0 Å². The number of halogens is 3. The van der Waals surface area contributed by atoms with Crippen molar-refractivity contribution in [2.75, 3.05) is 28.0 Å². The Bertz CT molecular complexity index is 1210. The Balaban J connectivity index is 1.66. The second kappa shape index (κ2) is 10.3. The highest BCUT2D eigenvalue weighted by Crippen LogP contribution is 2.29. The molecule has 0 radical (unpaired) electrons. The van der Waals surface area contributed by atoms with Crippen molar-refractivity contribution in [2.24, 2.45) is 0 Å². The van der Waals surface area contributed by atoms with Gasteiger partial charge in [-0.15, -0.1) is 0 Å². The second-order valence-corrected chi connectivity index (χ2v) is 9.34. The molecule has 7 nitrogen and oxygen atoms in total. The van der Waals surface area contributed by atoms with Gasteiger partial charge < -0.3 is 10.2 Å². The van der Waals surface area contributed by atoms with E-state index in [0.29, 0.717) is 17.3 Å². The topological polar surface area (TPSA) is 87.2 Å². The van der Waals surface area contributed by atoms with Crippen molar-refractivity contribution in [2.45, 2.75) is 32.7 Å². The zero-order chi connectivity index (χ0) is 24.9. The molecule has 0 saturated carbocycles. The van der Waals surface area contributed by atoms with Gasteiger partial charge in [0, 0.05) is 36.2 Å². The Morgan fingerprint density at radius 3 is 2.06 bits per heavy atom. The Hall–Kier alpha value is -3.34. The highest BCUT2D eigenvalue weighted by Gasteiger charge is 2.30. The average Bonchev–Trinajstić information content (AvgIpc) is 2.75. The van der Waals surface area contributed by atoms with E-state index in [4.69, 9.17) is 0 Å². The van der Waals surface area contributed by atoms with Crippen molar-refractivity contribution in [3.8, 4) is 0 Å². The predicted octanol–water partition coefficient (Wildman–Crippen LogP) is 5.34. The Morgan fingerprint density at radius 2 is 1.50 bits per heavy atom. The van der Waals surface area contributed by atoms with Crippen molar-refractivity contribution >= 4 is 33.2 Å². The Morgan fingerprint density at radius 1 is 0.912 bits per heavy atom. The van der Waals surface area contributed by atoms with E-state index < -0.39 is 27.5 Å². The molecular formula is C23H26F3N5O2S. The van der Waals surface area contributed by atoms with Gasteiger partial charge in [0.05, 0.1) is 11.3 Å². The Labute approximate surface area is 197 Å². The molecule has 182 valence electrons. The molecule has 2 aromatic carbocycles. The summed E-state index contributed by atoms with van der Waals surface area (Å²) in [4.78, 5) is 11.0. The number of aromatic nitrogens is 2. The minimum Gasteiger partial charge on any atom is -0.357 e. The quantitative estimate of drug-likeness (QED) is 0.419. The van der Waals surface area contributed by atoms with E-state index in [0.717, 1.165) is 48.9 Å². The van der Waals surface area contributed by atoms with E-state index in [1.54, 1.807) is 24.3 Å². The molecule has 0 atom stereocenters. The highest BCUT2D eigenvalue weighted by atomic mass is 32.2. The molecule has 34 heavy (non-hydrogen) atoms. The van der Waals surface area contributed by atoms with E-state index in [1.165, 1.54) is 0 Å². The maximum absolute atomic E-state index is 12.7. The van der Waals surface area contributed by atoms with Gasteiger partial charge in [-0.25, -0.2) is 13.4 Å². The van der Waals surface area contributed by atoms with Crippen LogP contribution in [0.4, 0.5) is 36.3 Å². The zero-order valence-electron chi connectivity index (χ0n) is 19.0. The molecule has 0 aliphatic rings. The lowest BCUT2D eigenvalue weighted by Crippen LogP contribution is -2.23. The minimum atomic E-state index is -4.47. The van der Waals surface area contributed by atoms with Gasteiger partial charge >= 0.3 is 6.18 Å². The predicted molar refractivity (Wildman–Crippen MR) is 128 cm³/mol. The molecule has 11 heteroatoms. The van der Waals surface area contributed by atoms with E-state index in [2.05, 4.69) is 24.9 Å². The van der Waals surface area contributed by atoms with Gasteiger partial charge in [0.25, 0.3) is 0 Å². The monoisotopic (exact) mass is 493 g/mol. The molecule has 2 N–H and O–H groups in total. The normalized spacial score (nSPS) is 11.8. The Kier molecular flexibility index (Phi) is 7.65. The first-order valence-electron chi connectivity index (χ1n) is 10.6. The first-order chi connectivity index (χ1) is 16.0. The SMILES string of the molecule is CCN(CC)c1cc(C)nc(Nc2ccc(NS(=O)(=O)Cc3ccc(C(F)(F)F)cc3)cc2)n1. The van der Waals surface area contributed by atoms with Crippen LogP contribution in [0.15, 0.2) is 54.6 Å². The molecule has 0 unspecified atom stereocenters. The number of nitrogens with one attached hydrogen (secondary N) is 2. The molecule has 3 aromatic rings. The third-order valence-electron chi connectivity index (χ3n) is 4.98. The fourth-order valence-electron chi connectivity index (χ4n) is 3.29. The van der Waals surface area contributed by atoms with Gasteiger partial charge in [-0.2, -0.15) is 18.2 Å². The number of alkyl halides is 3. The summed E-state index contributed by atoms with van der Waals surface area (Å²) < 4.78 is 65.4. The number of hydrogen-bond acceptors (Lipinski definition) is 6. The van der Waals surface area contributed by atoms with Crippen LogP contribution < -0.4 is 14.9 Å². The van der Waals surface area contributed by atoms with Crippen molar-refractivity contribution < 1.29 is 21.6 Å². The number of anilines is 4. The lowest BCUT2D eigenvalue weighted by molar-refractivity contribution is -0.137. The number of aryl methyl sites for hydroxylation is 1. The van der Waals surface area contributed by atoms with Gasteiger partial charge in [-0.3, -0.25) is 4.72 Å². The molecular weight excluding hydrogens is 467 g/mol. The average molecular weight is 494 g/mol. The first kappa shape index (κ1) is 25.3. The first-order valence-corrected chi connectivity index (χ1v) is 12.3. The van der Waals surface area contributed by atoms with Crippen LogP contribution in [0, 0.1) is 6.92 Å². The summed E-state index contributed by atoms with van der Waals surface area (Å²) in [6.45, 7) is 7.60. The summed E-state index contributed by atoms with van der Waals surface area (Å²) in [6.07, 6.45) is -4.47. The van der Waals surface area contributed by atoms with E-state index in [1.807, 2.05) is 26.8 Å². The number of sulfonamides is 1. The maximum atomic E-state index is 12.7. The lowest BCUT2D eigenvalue weighted by Gasteiger charge is -2.20. The third kappa shape index (κ3) is 6.83. The van der Waals surface area contributed by atoms with Crippen LogP contribution in [0.3, 0.4) is 0 Å². The number of benzene rings is 2. The standard InChI is InChI=1S/C23H26F3N5O2S/c1-4-31(5-2)21-14-16(3)27-22(29-21)28-19-10-12-20(13-11-19)30-34(32,33)15-17-6-8-18(9-7-17)23(24,25)26/h6-14,30H,4-5,15H2,1-3H3,(H,27,28,29). The molecule has 0 aliphatic carbocycles. The number of nitrogens with zero attached hydrogens (tertiary/aromatic N) is 3. The lowest BCUT2D eigenvalue weighted by atomic mass is 10.1. The minimum absolute atomic E-state index is 0.249. The van der Waals surface area contributed by atoms with Crippen LogP contribution in [-0.2, 0) is 22.0 Å². The van der Waals surface area contributed by atoms with Crippen LogP contribution in [0.2, 0.25) is 0 Å². The molecule has 0 spiro atoms. The fourth-order valence-corrected chi connectivity index (χ4v) is 4.49. The maximum Gasteiger partial charge on any atom is 0.416 e. The molecule has 0 amide bonds. The van der Waals surface area contributed by atoms with Gasteiger partial charge in [0.2, 0.25) is 16.0 Å². The molecule has 0 fully saturated rings. The van der Waals surface area contributed by atoms with Crippen LogP contribution >= 0.6 is 0 Å². The molecule has 1 heterocycles. The summed E-state index contributed by atoms with van der Waals surface area (Å²) in [7, 11) is -3.82. The van der Waals surface area contributed by atoms with Crippen molar-refractivity contribution in [1.29, 1.82) is 0 Å². The summed E-state index contributed by atoms with van der Waals surface area (Å²) in [5.41, 5.74) is 1.23. The molecule has 3 rings (SSSR count). The smallest absolute Gasteiger partial charge is 0.357 e. The van der Waals surface area contributed by atoms with Gasteiger partial charge in [-0.1, -0.05) is 12.1 Å². The fraction of sp³-hybridized carbons (Fsp3) is 0.304. The molecule has 0 bridgehead atoms. The van der Waals surface area contributed by atoms with Crippen molar-refractivity contribution in [3.63, 3.8) is 0 Å².